The first kappa shape index (κ1) is 23.5. The summed E-state index contributed by atoms with van der Waals surface area (Å²) in [6, 6.07) is 8.49. The van der Waals surface area contributed by atoms with E-state index >= 15 is 0 Å². The SMILES string of the molecule is COc1ccc([C@H](Cc2c(Cl)c[nH+]cc2Cl)OC(=O)c2ccc(F)c(C=O)c2)cc1OC. The number of rotatable bonds is 8. The molecule has 32 heavy (non-hydrogen) atoms. The number of benzene rings is 2. The Bertz CT molecular complexity index is 1130. The standard InChI is InChI=1S/C23H18Cl2FNO5/c1-30-20-6-4-13(8-22(20)31-2)21(9-16-17(24)10-27-11-18(16)25)32-23(29)14-3-5-19(26)15(7-14)12-28/h3-8,10-12,21H,9H2,1-2H3/p+1/t21-/m0/s1. The number of aromatic nitrogens is 1. The van der Waals surface area contributed by atoms with Crippen LogP contribution in [0.3, 0.4) is 0 Å². The zero-order chi connectivity index (χ0) is 23.3. The summed E-state index contributed by atoms with van der Waals surface area (Å²) in [5.41, 5.74) is 0.936. The van der Waals surface area contributed by atoms with Gasteiger partial charge in [-0.25, -0.2) is 14.2 Å². The molecule has 0 bridgehead atoms. The van der Waals surface area contributed by atoms with Crippen LogP contribution in [-0.4, -0.2) is 26.5 Å². The van der Waals surface area contributed by atoms with Crippen molar-refractivity contribution in [2.45, 2.75) is 12.5 Å². The summed E-state index contributed by atoms with van der Waals surface area (Å²) in [6.45, 7) is 0. The van der Waals surface area contributed by atoms with Crippen LogP contribution in [0.15, 0.2) is 48.8 Å². The lowest BCUT2D eigenvalue weighted by Gasteiger charge is -2.20. The number of esters is 1. The van der Waals surface area contributed by atoms with Crippen molar-refractivity contribution in [1.82, 2.24) is 0 Å². The van der Waals surface area contributed by atoms with Crippen molar-refractivity contribution in [1.29, 1.82) is 0 Å². The molecule has 166 valence electrons. The van der Waals surface area contributed by atoms with Crippen LogP contribution >= 0.6 is 23.2 Å². The number of aldehydes is 1. The summed E-state index contributed by atoms with van der Waals surface area (Å²) in [4.78, 5) is 26.7. The van der Waals surface area contributed by atoms with Crippen LogP contribution in [0.4, 0.5) is 4.39 Å². The lowest BCUT2D eigenvalue weighted by atomic mass is 10.0. The highest BCUT2D eigenvalue weighted by Crippen LogP contribution is 2.35. The van der Waals surface area contributed by atoms with Gasteiger partial charge in [-0.3, -0.25) is 4.79 Å². The molecule has 0 aliphatic rings. The molecule has 0 aliphatic carbocycles. The van der Waals surface area contributed by atoms with E-state index in [0.29, 0.717) is 39.0 Å². The van der Waals surface area contributed by atoms with Gasteiger partial charge in [-0.15, -0.1) is 0 Å². The largest absolute Gasteiger partial charge is 0.493 e. The summed E-state index contributed by atoms with van der Waals surface area (Å²) < 4.78 is 30.0. The quantitative estimate of drug-likeness (QED) is 0.339. The molecule has 2 aromatic carbocycles. The highest BCUT2D eigenvalue weighted by molar-refractivity contribution is 6.35. The van der Waals surface area contributed by atoms with Crippen molar-refractivity contribution < 1.29 is 33.2 Å². The number of aromatic amines is 1. The first-order chi connectivity index (χ1) is 15.4. The summed E-state index contributed by atoms with van der Waals surface area (Å²) in [7, 11) is 3.00. The van der Waals surface area contributed by atoms with Gasteiger partial charge in [-0.05, 0) is 35.9 Å². The fourth-order valence-corrected chi connectivity index (χ4v) is 3.63. The topological polar surface area (TPSA) is 76.0 Å². The molecule has 3 rings (SSSR count). The summed E-state index contributed by atoms with van der Waals surface area (Å²) in [6.07, 6.45) is 2.77. The maximum absolute atomic E-state index is 13.7. The fourth-order valence-electron chi connectivity index (χ4n) is 3.10. The van der Waals surface area contributed by atoms with Crippen LogP contribution in [0.5, 0.6) is 11.5 Å². The van der Waals surface area contributed by atoms with E-state index in [1.165, 1.54) is 20.3 Å². The van der Waals surface area contributed by atoms with Gasteiger partial charge in [0.05, 0.1) is 25.3 Å². The number of H-pyrrole nitrogens is 1. The Kier molecular flexibility index (Phi) is 7.66. The van der Waals surface area contributed by atoms with E-state index in [9.17, 15) is 14.0 Å². The number of halogens is 3. The van der Waals surface area contributed by atoms with Gasteiger partial charge in [0.25, 0.3) is 0 Å². The Labute approximate surface area is 193 Å². The second kappa shape index (κ2) is 10.4. The molecule has 1 heterocycles. The molecule has 1 N–H and O–H groups in total. The maximum atomic E-state index is 13.7. The van der Waals surface area contributed by atoms with E-state index in [1.54, 1.807) is 30.6 Å². The third-order valence-electron chi connectivity index (χ3n) is 4.77. The minimum absolute atomic E-state index is 0.0255. The molecular formula is C23H19Cl2FNO5+. The number of ether oxygens (including phenoxy) is 3. The molecule has 0 spiro atoms. The summed E-state index contributed by atoms with van der Waals surface area (Å²) >= 11 is 12.6. The number of carbonyl (C=O) groups excluding carboxylic acids is 2. The van der Waals surface area contributed by atoms with Gasteiger partial charge in [0.15, 0.2) is 30.2 Å². The number of methoxy groups -OCH3 is 2. The highest BCUT2D eigenvalue weighted by atomic mass is 35.5. The lowest BCUT2D eigenvalue weighted by molar-refractivity contribution is -0.377. The van der Waals surface area contributed by atoms with Crippen molar-refractivity contribution in [2.24, 2.45) is 0 Å². The van der Waals surface area contributed by atoms with E-state index in [-0.39, 0.29) is 17.5 Å². The van der Waals surface area contributed by atoms with Crippen molar-refractivity contribution in [3.8, 4) is 11.5 Å². The van der Waals surface area contributed by atoms with Gasteiger partial charge in [0.2, 0.25) is 0 Å². The van der Waals surface area contributed by atoms with Crippen LogP contribution in [-0.2, 0) is 11.2 Å². The van der Waals surface area contributed by atoms with Gasteiger partial charge in [-0.2, -0.15) is 0 Å². The molecule has 0 aliphatic heterocycles. The Hall–Kier alpha value is -3.16. The average molecular weight is 479 g/mol. The minimum Gasteiger partial charge on any atom is -0.493 e. The molecule has 9 heteroatoms. The van der Waals surface area contributed by atoms with E-state index < -0.39 is 17.9 Å². The normalized spacial score (nSPS) is 11.5. The van der Waals surface area contributed by atoms with Crippen LogP contribution in [0, 0.1) is 5.82 Å². The van der Waals surface area contributed by atoms with Gasteiger partial charge in [0, 0.05) is 12.0 Å². The third-order valence-corrected chi connectivity index (χ3v) is 5.45. The zero-order valence-electron chi connectivity index (χ0n) is 17.2. The van der Waals surface area contributed by atoms with Gasteiger partial charge < -0.3 is 14.2 Å². The Morgan fingerprint density at radius 3 is 2.38 bits per heavy atom. The number of carbonyl (C=O) groups is 2. The summed E-state index contributed by atoms with van der Waals surface area (Å²) in [5, 5.41) is 0.730. The molecule has 6 nitrogen and oxygen atoms in total. The predicted molar refractivity (Wildman–Crippen MR) is 116 cm³/mol. The van der Waals surface area contributed by atoms with E-state index in [1.807, 2.05) is 0 Å². The van der Waals surface area contributed by atoms with Crippen LogP contribution in [0.25, 0.3) is 0 Å². The van der Waals surface area contributed by atoms with E-state index in [2.05, 4.69) is 4.98 Å². The van der Waals surface area contributed by atoms with Crippen molar-refractivity contribution in [3.63, 3.8) is 0 Å². The zero-order valence-corrected chi connectivity index (χ0v) is 18.7. The molecular weight excluding hydrogens is 460 g/mol. The van der Waals surface area contributed by atoms with Gasteiger partial charge in [-0.1, -0.05) is 29.3 Å². The van der Waals surface area contributed by atoms with E-state index in [4.69, 9.17) is 37.4 Å². The molecule has 1 atom stereocenters. The highest BCUT2D eigenvalue weighted by Gasteiger charge is 2.24. The Morgan fingerprint density at radius 2 is 1.75 bits per heavy atom. The number of hydrogen-bond donors (Lipinski definition) is 0. The van der Waals surface area contributed by atoms with Crippen molar-refractivity contribution in [2.75, 3.05) is 14.2 Å². The Morgan fingerprint density at radius 1 is 1.06 bits per heavy atom. The predicted octanol–water partition coefficient (Wildman–Crippen LogP) is 4.92. The average Bonchev–Trinajstić information content (AvgIpc) is 2.80. The Balaban J connectivity index is 2.00. The van der Waals surface area contributed by atoms with Crippen molar-refractivity contribution >= 4 is 35.5 Å². The second-order valence-electron chi connectivity index (χ2n) is 6.70. The van der Waals surface area contributed by atoms with Crippen molar-refractivity contribution in [3.05, 3.63) is 86.9 Å². The molecule has 0 saturated carbocycles. The van der Waals surface area contributed by atoms with Gasteiger partial charge >= 0.3 is 5.97 Å². The molecule has 0 saturated heterocycles. The molecule has 1 aromatic heterocycles. The third kappa shape index (κ3) is 5.18. The molecule has 0 unspecified atom stereocenters. The molecule has 0 amide bonds. The maximum Gasteiger partial charge on any atom is 0.338 e. The first-order valence-corrected chi connectivity index (χ1v) is 10.1. The number of hydrogen-bond acceptors (Lipinski definition) is 5. The molecule has 3 aromatic rings. The molecule has 0 radical (unpaired) electrons. The van der Waals surface area contributed by atoms with Gasteiger partial charge in [0.1, 0.15) is 22.0 Å². The smallest absolute Gasteiger partial charge is 0.338 e. The lowest BCUT2D eigenvalue weighted by Crippen LogP contribution is -2.16. The first-order valence-electron chi connectivity index (χ1n) is 9.39. The van der Waals surface area contributed by atoms with E-state index in [0.717, 1.165) is 12.1 Å². The molecule has 0 fully saturated rings. The van der Waals surface area contributed by atoms with Crippen LogP contribution in [0.1, 0.15) is 37.9 Å². The number of nitrogens with one attached hydrogen (secondary N) is 1. The number of pyridine rings is 1. The second-order valence-corrected chi connectivity index (χ2v) is 7.51. The summed E-state index contributed by atoms with van der Waals surface area (Å²) in [5.74, 6) is -0.537. The monoisotopic (exact) mass is 478 g/mol. The fraction of sp³-hybridized carbons (Fsp3) is 0.174. The van der Waals surface area contributed by atoms with Crippen LogP contribution in [0.2, 0.25) is 10.0 Å². The van der Waals surface area contributed by atoms with Crippen LogP contribution < -0.4 is 14.5 Å². The minimum atomic E-state index is -0.829.